The Morgan fingerprint density at radius 1 is 1.09 bits per heavy atom. The second-order valence-corrected chi connectivity index (χ2v) is 7.01. The Balaban J connectivity index is 2.27. The average molecular weight is 329 g/mol. The molecule has 0 aliphatic heterocycles. The van der Waals surface area contributed by atoms with E-state index in [2.05, 4.69) is 0 Å². The molecule has 0 aliphatic rings. The Hall–Kier alpha value is -2.60. The summed E-state index contributed by atoms with van der Waals surface area (Å²) in [5.74, 6) is 0.561. The van der Waals surface area contributed by atoms with E-state index in [-0.39, 0.29) is 4.90 Å². The molecule has 0 fully saturated rings. The van der Waals surface area contributed by atoms with E-state index in [1.807, 2.05) is 6.92 Å². The molecule has 0 aliphatic carbocycles. The predicted octanol–water partition coefficient (Wildman–Crippen LogP) is 3.01. The largest absolute Gasteiger partial charge is 0.497 e. The molecule has 0 unspecified atom stereocenters. The Labute approximate surface area is 134 Å². The standard InChI is InChI=1S/C17H15NO4S/c1-12-3-6-15(7-4-12)23(20,21)18-10-13(11-19)16-9-14(22-2)5-8-17(16)18/h3-11H,1-2H3. The highest BCUT2D eigenvalue weighted by Crippen LogP contribution is 2.28. The van der Waals surface area contributed by atoms with Crippen LogP contribution >= 0.6 is 0 Å². The number of benzene rings is 2. The van der Waals surface area contributed by atoms with Gasteiger partial charge in [-0.3, -0.25) is 4.79 Å². The topological polar surface area (TPSA) is 65.4 Å². The first-order valence-electron chi connectivity index (χ1n) is 6.94. The van der Waals surface area contributed by atoms with Gasteiger partial charge in [-0.2, -0.15) is 0 Å². The van der Waals surface area contributed by atoms with Crippen molar-refractivity contribution in [2.24, 2.45) is 0 Å². The van der Waals surface area contributed by atoms with Crippen LogP contribution < -0.4 is 4.74 Å². The summed E-state index contributed by atoms with van der Waals surface area (Å²) in [7, 11) is -2.26. The molecule has 0 amide bonds. The molecule has 0 saturated heterocycles. The summed E-state index contributed by atoms with van der Waals surface area (Å²) in [5.41, 5.74) is 1.71. The van der Waals surface area contributed by atoms with Gasteiger partial charge in [0.25, 0.3) is 10.0 Å². The van der Waals surface area contributed by atoms with E-state index in [0.29, 0.717) is 28.5 Å². The predicted molar refractivity (Wildman–Crippen MR) is 87.6 cm³/mol. The van der Waals surface area contributed by atoms with Crippen LogP contribution in [0, 0.1) is 6.92 Å². The van der Waals surface area contributed by atoms with Gasteiger partial charge in [0, 0.05) is 17.1 Å². The summed E-state index contributed by atoms with van der Waals surface area (Å²) < 4.78 is 32.0. The summed E-state index contributed by atoms with van der Waals surface area (Å²) in [5, 5.41) is 0.537. The van der Waals surface area contributed by atoms with Gasteiger partial charge in [-0.05, 0) is 37.3 Å². The first-order valence-corrected chi connectivity index (χ1v) is 8.38. The van der Waals surface area contributed by atoms with Crippen LogP contribution in [0.15, 0.2) is 53.6 Å². The van der Waals surface area contributed by atoms with Gasteiger partial charge in [0.15, 0.2) is 6.29 Å². The van der Waals surface area contributed by atoms with Crippen LogP contribution in [-0.4, -0.2) is 25.8 Å². The quantitative estimate of drug-likeness (QED) is 0.690. The molecule has 0 radical (unpaired) electrons. The molecular weight excluding hydrogens is 314 g/mol. The van der Waals surface area contributed by atoms with Crippen LogP contribution in [0.25, 0.3) is 10.9 Å². The zero-order valence-electron chi connectivity index (χ0n) is 12.7. The van der Waals surface area contributed by atoms with Crippen molar-refractivity contribution < 1.29 is 17.9 Å². The normalized spacial score (nSPS) is 11.6. The number of aromatic nitrogens is 1. The SMILES string of the molecule is COc1ccc2c(c1)c(C=O)cn2S(=O)(=O)c1ccc(C)cc1. The van der Waals surface area contributed by atoms with E-state index in [1.165, 1.54) is 13.3 Å². The third-order valence-corrected chi connectivity index (χ3v) is 5.40. The number of nitrogens with zero attached hydrogens (tertiary/aromatic N) is 1. The minimum absolute atomic E-state index is 0.174. The van der Waals surface area contributed by atoms with E-state index in [4.69, 9.17) is 4.74 Å². The third-order valence-electron chi connectivity index (χ3n) is 3.71. The van der Waals surface area contributed by atoms with E-state index < -0.39 is 10.0 Å². The number of aryl methyl sites for hydroxylation is 1. The molecule has 1 heterocycles. The van der Waals surface area contributed by atoms with Crippen molar-refractivity contribution in [3.63, 3.8) is 0 Å². The van der Waals surface area contributed by atoms with Gasteiger partial charge in [-0.25, -0.2) is 12.4 Å². The van der Waals surface area contributed by atoms with Crippen molar-refractivity contribution in [2.75, 3.05) is 7.11 Å². The molecule has 0 atom stereocenters. The lowest BCUT2D eigenvalue weighted by molar-refractivity contribution is 0.112. The molecule has 0 saturated carbocycles. The van der Waals surface area contributed by atoms with E-state index in [1.54, 1.807) is 42.5 Å². The number of ether oxygens (including phenoxy) is 1. The van der Waals surface area contributed by atoms with Crippen molar-refractivity contribution in [1.82, 2.24) is 3.97 Å². The van der Waals surface area contributed by atoms with E-state index in [0.717, 1.165) is 9.54 Å². The van der Waals surface area contributed by atoms with Gasteiger partial charge in [0.2, 0.25) is 0 Å². The van der Waals surface area contributed by atoms with E-state index >= 15 is 0 Å². The summed E-state index contributed by atoms with van der Waals surface area (Å²) in [6.45, 7) is 1.89. The van der Waals surface area contributed by atoms with E-state index in [9.17, 15) is 13.2 Å². The second kappa shape index (κ2) is 5.55. The van der Waals surface area contributed by atoms with Crippen LogP contribution in [0.5, 0.6) is 5.75 Å². The first kappa shape index (κ1) is 15.3. The van der Waals surface area contributed by atoms with Gasteiger partial charge in [0.05, 0.1) is 17.5 Å². The number of fused-ring (bicyclic) bond motifs is 1. The van der Waals surface area contributed by atoms with Crippen LogP contribution in [0.2, 0.25) is 0 Å². The van der Waals surface area contributed by atoms with Crippen molar-refractivity contribution in [1.29, 1.82) is 0 Å². The summed E-state index contributed by atoms with van der Waals surface area (Å²) in [6.07, 6.45) is 1.98. The molecule has 0 spiro atoms. The van der Waals surface area contributed by atoms with Crippen LogP contribution in [-0.2, 0) is 10.0 Å². The maximum absolute atomic E-state index is 12.9. The summed E-state index contributed by atoms with van der Waals surface area (Å²) in [6, 6.07) is 11.5. The highest BCUT2D eigenvalue weighted by molar-refractivity contribution is 7.90. The zero-order chi connectivity index (χ0) is 16.6. The molecule has 6 heteroatoms. The van der Waals surface area contributed by atoms with Gasteiger partial charge >= 0.3 is 0 Å². The maximum atomic E-state index is 12.9. The Morgan fingerprint density at radius 3 is 2.39 bits per heavy atom. The van der Waals surface area contributed by atoms with Crippen LogP contribution in [0.4, 0.5) is 0 Å². The molecule has 1 aromatic heterocycles. The number of aldehydes is 1. The molecule has 2 aromatic carbocycles. The summed E-state index contributed by atoms with van der Waals surface area (Å²) in [4.78, 5) is 11.5. The Bertz CT molecular complexity index is 985. The monoisotopic (exact) mass is 329 g/mol. The minimum atomic E-state index is -3.77. The summed E-state index contributed by atoms with van der Waals surface area (Å²) >= 11 is 0. The molecule has 3 aromatic rings. The molecular formula is C17H15NO4S. The molecule has 0 bridgehead atoms. The lowest BCUT2D eigenvalue weighted by Crippen LogP contribution is -2.11. The van der Waals surface area contributed by atoms with Crippen molar-refractivity contribution in [2.45, 2.75) is 11.8 Å². The number of rotatable bonds is 4. The number of carbonyl (C=O) groups excluding carboxylic acids is 1. The number of hydrogen-bond acceptors (Lipinski definition) is 4. The zero-order valence-corrected chi connectivity index (χ0v) is 13.5. The third kappa shape index (κ3) is 2.51. The fraction of sp³-hybridized carbons (Fsp3) is 0.118. The Morgan fingerprint density at radius 2 is 1.78 bits per heavy atom. The smallest absolute Gasteiger partial charge is 0.268 e. The van der Waals surface area contributed by atoms with Crippen molar-refractivity contribution in [3.8, 4) is 5.75 Å². The van der Waals surface area contributed by atoms with Crippen molar-refractivity contribution >= 4 is 27.2 Å². The molecule has 23 heavy (non-hydrogen) atoms. The van der Waals surface area contributed by atoms with Crippen LogP contribution in [0.3, 0.4) is 0 Å². The molecule has 5 nitrogen and oxygen atoms in total. The Kier molecular flexibility index (Phi) is 3.69. The van der Waals surface area contributed by atoms with Crippen molar-refractivity contribution in [3.05, 3.63) is 59.8 Å². The molecule has 118 valence electrons. The highest BCUT2D eigenvalue weighted by atomic mass is 32.2. The fourth-order valence-corrected chi connectivity index (χ4v) is 3.83. The van der Waals surface area contributed by atoms with Crippen LogP contribution in [0.1, 0.15) is 15.9 Å². The van der Waals surface area contributed by atoms with Gasteiger partial charge in [-0.15, -0.1) is 0 Å². The first-order chi connectivity index (χ1) is 11.0. The number of hydrogen-bond donors (Lipinski definition) is 0. The lowest BCUT2D eigenvalue weighted by Gasteiger charge is -2.08. The van der Waals surface area contributed by atoms with Gasteiger partial charge in [-0.1, -0.05) is 17.7 Å². The highest BCUT2D eigenvalue weighted by Gasteiger charge is 2.21. The maximum Gasteiger partial charge on any atom is 0.268 e. The fourth-order valence-electron chi connectivity index (χ4n) is 2.45. The minimum Gasteiger partial charge on any atom is -0.497 e. The number of carbonyl (C=O) groups is 1. The van der Waals surface area contributed by atoms with Gasteiger partial charge < -0.3 is 4.74 Å². The lowest BCUT2D eigenvalue weighted by atomic mass is 10.2. The average Bonchev–Trinajstić information content (AvgIpc) is 2.93. The number of methoxy groups -OCH3 is 1. The molecule has 3 rings (SSSR count). The second-order valence-electron chi connectivity index (χ2n) is 5.20. The molecule has 0 N–H and O–H groups in total. The van der Waals surface area contributed by atoms with Gasteiger partial charge in [0.1, 0.15) is 5.75 Å².